The van der Waals surface area contributed by atoms with Gasteiger partial charge in [0.15, 0.2) is 5.82 Å². The summed E-state index contributed by atoms with van der Waals surface area (Å²) in [4.78, 5) is 14.7. The molecule has 2 heterocycles. The fourth-order valence-electron chi connectivity index (χ4n) is 3.33. The van der Waals surface area contributed by atoms with E-state index < -0.39 is 0 Å². The third-order valence-electron chi connectivity index (χ3n) is 4.79. The van der Waals surface area contributed by atoms with Crippen molar-refractivity contribution in [2.75, 3.05) is 31.6 Å². The molecule has 1 aliphatic rings. The third kappa shape index (κ3) is 4.50. The Hall–Kier alpha value is -2.63. The molecule has 6 nitrogen and oxygen atoms in total. The number of benzene rings is 1. The molecule has 1 aliphatic heterocycles. The number of ether oxygens (including phenoxy) is 1. The van der Waals surface area contributed by atoms with Gasteiger partial charge in [-0.25, -0.2) is 0 Å². The lowest BCUT2D eigenvalue weighted by atomic mass is 9.97. The summed E-state index contributed by atoms with van der Waals surface area (Å²) in [5.74, 6) is 1.82. The van der Waals surface area contributed by atoms with E-state index >= 15 is 0 Å². The van der Waals surface area contributed by atoms with Crippen LogP contribution in [0.5, 0.6) is 5.75 Å². The van der Waals surface area contributed by atoms with Crippen LogP contribution in [0.15, 0.2) is 36.4 Å². The number of piperidine rings is 1. The zero-order valence-corrected chi connectivity index (χ0v) is 15.4. The first-order valence-corrected chi connectivity index (χ1v) is 9.12. The normalized spacial score (nSPS) is 17.0. The Labute approximate surface area is 154 Å². The SMILES string of the molecule is COc1ccccc1CCNC(=O)C1CCCN(c2ccc(C)nn2)C1. The van der Waals surface area contributed by atoms with Crippen LogP contribution in [0.1, 0.15) is 24.1 Å². The Morgan fingerprint density at radius 3 is 2.88 bits per heavy atom. The van der Waals surface area contributed by atoms with Gasteiger partial charge in [-0.05, 0) is 49.9 Å². The van der Waals surface area contributed by atoms with Crippen molar-refractivity contribution < 1.29 is 9.53 Å². The molecule has 1 amide bonds. The first-order valence-electron chi connectivity index (χ1n) is 9.12. The number of methoxy groups -OCH3 is 1. The average molecular weight is 354 g/mol. The lowest BCUT2D eigenvalue weighted by Gasteiger charge is -2.32. The number of aryl methyl sites for hydroxylation is 1. The number of carbonyl (C=O) groups is 1. The molecular formula is C20H26N4O2. The predicted octanol–water partition coefficient (Wildman–Crippen LogP) is 2.37. The molecule has 6 heteroatoms. The summed E-state index contributed by atoms with van der Waals surface area (Å²) in [6.45, 7) is 4.14. The molecule has 1 saturated heterocycles. The van der Waals surface area contributed by atoms with Crippen molar-refractivity contribution in [1.82, 2.24) is 15.5 Å². The van der Waals surface area contributed by atoms with Gasteiger partial charge in [0, 0.05) is 19.6 Å². The van der Waals surface area contributed by atoms with Crippen LogP contribution in [-0.4, -0.2) is 42.8 Å². The third-order valence-corrected chi connectivity index (χ3v) is 4.79. The second kappa shape index (κ2) is 8.65. The maximum absolute atomic E-state index is 12.6. The van der Waals surface area contributed by atoms with E-state index in [1.165, 1.54) is 0 Å². The van der Waals surface area contributed by atoms with Gasteiger partial charge < -0.3 is 15.0 Å². The zero-order valence-electron chi connectivity index (χ0n) is 15.4. The van der Waals surface area contributed by atoms with Crippen LogP contribution in [0, 0.1) is 12.8 Å². The van der Waals surface area contributed by atoms with Crippen LogP contribution in [0.2, 0.25) is 0 Å². The number of carbonyl (C=O) groups excluding carboxylic acids is 1. The topological polar surface area (TPSA) is 67.3 Å². The summed E-state index contributed by atoms with van der Waals surface area (Å²) in [5.41, 5.74) is 2.01. The van der Waals surface area contributed by atoms with Crippen LogP contribution in [0.25, 0.3) is 0 Å². The second-order valence-corrected chi connectivity index (χ2v) is 6.67. The number of nitrogens with zero attached hydrogens (tertiary/aromatic N) is 3. The Kier molecular flexibility index (Phi) is 6.04. The van der Waals surface area contributed by atoms with Crippen LogP contribution >= 0.6 is 0 Å². The largest absolute Gasteiger partial charge is 0.496 e. The number of hydrogen-bond acceptors (Lipinski definition) is 5. The van der Waals surface area contributed by atoms with Gasteiger partial charge in [-0.1, -0.05) is 18.2 Å². The molecule has 2 aromatic rings. The van der Waals surface area contributed by atoms with Crippen molar-refractivity contribution >= 4 is 11.7 Å². The summed E-state index contributed by atoms with van der Waals surface area (Å²) in [7, 11) is 1.67. The highest BCUT2D eigenvalue weighted by atomic mass is 16.5. The summed E-state index contributed by atoms with van der Waals surface area (Å²) >= 11 is 0. The fraction of sp³-hybridized carbons (Fsp3) is 0.450. The molecule has 1 atom stereocenters. The van der Waals surface area contributed by atoms with Crippen molar-refractivity contribution in [2.24, 2.45) is 5.92 Å². The van der Waals surface area contributed by atoms with Crippen molar-refractivity contribution in [3.8, 4) is 5.75 Å². The molecule has 3 rings (SSSR count). The second-order valence-electron chi connectivity index (χ2n) is 6.67. The molecular weight excluding hydrogens is 328 g/mol. The van der Waals surface area contributed by atoms with Gasteiger partial charge >= 0.3 is 0 Å². The molecule has 0 saturated carbocycles. The van der Waals surface area contributed by atoms with E-state index in [1.807, 2.05) is 43.3 Å². The van der Waals surface area contributed by atoms with Crippen molar-refractivity contribution in [3.05, 3.63) is 47.7 Å². The summed E-state index contributed by atoms with van der Waals surface area (Å²) in [6.07, 6.45) is 2.66. The standard InChI is InChI=1S/C20H26N4O2/c1-15-9-10-19(23-22-15)24-13-5-7-17(14-24)20(25)21-12-11-16-6-3-4-8-18(16)26-2/h3-4,6,8-10,17H,5,7,11-14H2,1-2H3,(H,21,25). The van der Waals surface area contributed by atoms with E-state index in [9.17, 15) is 4.79 Å². The van der Waals surface area contributed by atoms with Crippen LogP contribution in [0.3, 0.4) is 0 Å². The number of anilines is 1. The predicted molar refractivity (Wildman–Crippen MR) is 101 cm³/mol. The summed E-state index contributed by atoms with van der Waals surface area (Å²) in [5, 5.41) is 11.4. The zero-order chi connectivity index (χ0) is 18.4. The van der Waals surface area contributed by atoms with Gasteiger partial charge in [0.05, 0.1) is 18.7 Å². The highest BCUT2D eigenvalue weighted by Gasteiger charge is 2.26. The van der Waals surface area contributed by atoms with Crippen LogP contribution < -0.4 is 15.0 Å². The van der Waals surface area contributed by atoms with Gasteiger partial charge in [-0.15, -0.1) is 5.10 Å². The first-order chi connectivity index (χ1) is 12.7. The molecule has 1 N–H and O–H groups in total. The molecule has 1 fully saturated rings. The van der Waals surface area contributed by atoms with Crippen LogP contribution in [0.4, 0.5) is 5.82 Å². The maximum Gasteiger partial charge on any atom is 0.224 e. The molecule has 138 valence electrons. The Balaban J connectivity index is 1.52. The summed E-state index contributed by atoms with van der Waals surface area (Å²) in [6, 6.07) is 11.8. The van der Waals surface area contributed by atoms with Gasteiger partial charge in [0.2, 0.25) is 5.91 Å². The molecule has 0 bridgehead atoms. The van der Waals surface area contributed by atoms with Gasteiger partial charge in [0.25, 0.3) is 0 Å². The molecule has 0 radical (unpaired) electrons. The lowest BCUT2D eigenvalue weighted by molar-refractivity contribution is -0.125. The molecule has 1 aromatic carbocycles. The van der Waals surface area contributed by atoms with Gasteiger partial charge in [0.1, 0.15) is 5.75 Å². The average Bonchev–Trinajstić information content (AvgIpc) is 2.69. The maximum atomic E-state index is 12.6. The van der Waals surface area contributed by atoms with Crippen molar-refractivity contribution in [1.29, 1.82) is 0 Å². The number of para-hydroxylation sites is 1. The minimum atomic E-state index is -0.00970. The first kappa shape index (κ1) is 18.2. The number of aromatic nitrogens is 2. The Morgan fingerprint density at radius 1 is 1.27 bits per heavy atom. The van der Waals surface area contributed by atoms with E-state index in [0.29, 0.717) is 13.1 Å². The Morgan fingerprint density at radius 2 is 2.12 bits per heavy atom. The molecule has 1 unspecified atom stereocenters. The summed E-state index contributed by atoms with van der Waals surface area (Å²) < 4.78 is 5.36. The van der Waals surface area contributed by atoms with Gasteiger partial charge in [-0.3, -0.25) is 4.79 Å². The minimum absolute atomic E-state index is 0.00970. The van der Waals surface area contributed by atoms with Crippen molar-refractivity contribution in [2.45, 2.75) is 26.2 Å². The number of rotatable bonds is 6. The quantitative estimate of drug-likeness (QED) is 0.863. The van der Waals surface area contributed by atoms with E-state index in [1.54, 1.807) is 7.11 Å². The lowest BCUT2D eigenvalue weighted by Crippen LogP contribution is -2.43. The monoisotopic (exact) mass is 354 g/mol. The number of nitrogens with one attached hydrogen (secondary N) is 1. The Bertz CT molecular complexity index is 733. The molecule has 0 aliphatic carbocycles. The number of amides is 1. The van der Waals surface area contributed by atoms with E-state index in [-0.39, 0.29) is 11.8 Å². The molecule has 1 aromatic heterocycles. The number of hydrogen-bond donors (Lipinski definition) is 1. The van der Waals surface area contributed by atoms with Crippen molar-refractivity contribution in [3.63, 3.8) is 0 Å². The van der Waals surface area contributed by atoms with Crippen LogP contribution in [-0.2, 0) is 11.2 Å². The highest BCUT2D eigenvalue weighted by molar-refractivity contribution is 5.79. The van der Waals surface area contributed by atoms with E-state index in [2.05, 4.69) is 20.4 Å². The molecule has 0 spiro atoms. The fourth-order valence-corrected chi connectivity index (χ4v) is 3.33. The van der Waals surface area contributed by atoms with Gasteiger partial charge in [-0.2, -0.15) is 5.10 Å². The van der Waals surface area contributed by atoms with E-state index in [0.717, 1.165) is 48.6 Å². The highest BCUT2D eigenvalue weighted by Crippen LogP contribution is 2.22. The van der Waals surface area contributed by atoms with E-state index in [4.69, 9.17) is 4.74 Å². The molecule has 26 heavy (non-hydrogen) atoms. The minimum Gasteiger partial charge on any atom is -0.496 e. The smallest absolute Gasteiger partial charge is 0.224 e.